The molecule has 0 bridgehead atoms. The van der Waals surface area contributed by atoms with E-state index in [4.69, 9.17) is 0 Å². The second-order valence-corrected chi connectivity index (χ2v) is 6.99. The highest BCUT2D eigenvalue weighted by Crippen LogP contribution is 2.29. The van der Waals surface area contributed by atoms with Gasteiger partial charge < -0.3 is 9.80 Å². The van der Waals surface area contributed by atoms with Gasteiger partial charge in [0.05, 0.1) is 0 Å². The normalized spacial score (nSPS) is 22.5. The maximum absolute atomic E-state index is 3.32. The van der Waals surface area contributed by atoms with Gasteiger partial charge in [0, 0.05) is 44.2 Å². The van der Waals surface area contributed by atoms with Crippen molar-refractivity contribution < 1.29 is 0 Å². The van der Waals surface area contributed by atoms with Gasteiger partial charge >= 0.3 is 0 Å². The Labute approximate surface area is 119 Å². The number of nitrogens with zero attached hydrogens (tertiary/aromatic N) is 2. The van der Waals surface area contributed by atoms with Crippen LogP contribution in [-0.2, 0) is 0 Å². The molecule has 2 rings (SSSR count). The molecule has 2 heteroatoms. The lowest BCUT2D eigenvalue weighted by atomic mass is 9.83. The minimum Gasteiger partial charge on any atom is -0.333 e. The molecule has 0 N–H and O–H groups in total. The van der Waals surface area contributed by atoms with Crippen LogP contribution in [0.15, 0.2) is 0 Å². The molecule has 2 fully saturated rings. The predicted octanol–water partition coefficient (Wildman–Crippen LogP) is 3.05. The highest BCUT2D eigenvalue weighted by atomic mass is 15.2. The Bertz CT molecular complexity index is 323. The zero-order valence-corrected chi connectivity index (χ0v) is 13.2. The van der Waals surface area contributed by atoms with Crippen molar-refractivity contribution >= 4 is 0 Å². The SMILES string of the molecule is CC(C)C#CN1CCC(CC2CN(C(C)C)C2)CC1. The highest BCUT2D eigenvalue weighted by Gasteiger charge is 2.31. The van der Waals surface area contributed by atoms with Crippen LogP contribution in [0.5, 0.6) is 0 Å². The fraction of sp³-hybridized carbons (Fsp3) is 0.882. The van der Waals surface area contributed by atoms with Crippen molar-refractivity contribution in [3.63, 3.8) is 0 Å². The molecule has 2 aliphatic heterocycles. The first-order valence-electron chi connectivity index (χ1n) is 8.04. The number of rotatable bonds is 3. The van der Waals surface area contributed by atoms with E-state index in [2.05, 4.69) is 49.5 Å². The van der Waals surface area contributed by atoms with Gasteiger partial charge in [-0.05, 0) is 44.9 Å². The molecule has 108 valence electrons. The van der Waals surface area contributed by atoms with Crippen molar-refractivity contribution in [3.8, 4) is 12.0 Å². The molecular formula is C17H30N2. The summed E-state index contributed by atoms with van der Waals surface area (Å²) in [6.45, 7) is 14.0. The van der Waals surface area contributed by atoms with Gasteiger partial charge in [0.15, 0.2) is 0 Å². The van der Waals surface area contributed by atoms with Crippen molar-refractivity contribution in [2.45, 2.75) is 53.0 Å². The maximum Gasteiger partial charge on any atom is 0.0263 e. The molecule has 0 aliphatic carbocycles. The largest absolute Gasteiger partial charge is 0.333 e. The van der Waals surface area contributed by atoms with Gasteiger partial charge in [0.1, 0.15) is 0 Å². The molecule has 0 amide bonds. The average molecular weight is 262 g/mol. The van der Waals surface area contributed by atoms with Crippen LogP contribution in [-0.4, -0.2) is 42.0 Å². The van der Waals surface area contributed by atoms with Gasteiger partial charge in [-0.25, -0.2) is 0 Å². The lowest BCUT2D eigenvalue weighted by Crippen LogP contribution is -2.51. The first-order chi connectivity index (χ1) is 9.04. The first kappa shape index (κ1) is 14.7. The van der Waals surface area contributed by atoms with Crippen LogP contribution >= 0.6 is 0 Å². The van der Waals surface area contributed by atoms with Crippen LogP contribution in [0, 0.1) is 29.7 Å². The number of likely N-dealkylation sites (tertiary alicyclic amines) is 2. The van der Waals surface area contributed by atoms with Crippen molar-refractivity contribution in [1.29, 1.82) is 0 Å². The van der Waals surface area contributed by atoms with Crippen LogP contribution in [0.25, 0.3) is 0 Å². The molecule has 2 aliphatic rings. The van der Waals surface area contributed by atoms with Crippen molar-refractivity contribution in [2.24, 2.45) is 17.8 Å². The predicted molar refractivity (Wildman–Crippen MR) is 81.7 cm³/mol. The molecule has 0 saturated carbocycles. The summed E-state index contributed by atoms with van der Waals surface area (Å²) in [5.74, 6) is 5.70. The maximum atomic E-state index is 3.32. The van der Waals surface area contributed by atoms with Crippen LogP contribution in [0.4, 0.5) is 0 Å². The summed E-state index contributed by atoms with van der Waals surface area (Å²) in [7, 11) is 0. The summed E-state index contributed by atoms with van der Waals surface area (Å²) in [5, 5.41) is 0. The van der Waals surface area contributed by atoms with Crippen molar-refractivity contribution in [1.82, 2.24) is 9.80 Å². The lowest BCUT2D eigenvalue weighted by Gasteiger charge is -2.44. The molecule has 2 heterocycles. The summed E-state index contributed by atoms with van der Waals surface area (Å²) in [4.78, 5) is 4.92. The van der Waals surface area contributed by atoms with Gasteiger partial charge in [-0.15, -0.1) is 0 Å². The lowest BCUT2D eigenvalue weighted by molar-refractivity contribution is 0.0460. The standard InChI is InChI=1S/C17H30N2/c1-14(2)5-8-18-9-6-16(7-10-18)11-17-12-19(13-17)15(3)4/h14-17H,6-7,9-13H2,1-4H3. The average Bonchev–Trinajstić information content (AvgIpc) is 2.31. The zero-order chi connectivity index (χ0) is 13.8. The van der Waals surface area contributed by atoms with Gasteiger partial charge in [-0.3, -0.25) is 0 Å². The van der Waals surface area contributed by atoms with Crippen LogP contribution in [0.1, 0.15) is 47.0 Å². The molecule has 0 atom stereocenters. The fourth-order valence-corrected chi connectivity index (χ4v) is 3.15. The van der Waals surface area contributed by atoms with E-state index < -0.39 is 0 Å². The number of hydrogen-bond donors (Lipinski definition) is 0. The third-order valence-electron chi connectivity index (χ3n) is 4.51. The molecule has 0 aromatic carbocycles. The van der Waals surface area contributed by atoms with Crippen molar-refractivity contribution in [3.05, 3.63) is 0 Å². The smallest absolute Gasteiger partial charge is 0.0263 e. The van der Waals surface area contributed by atoms with E-state index in [0.29, 0.717) is 5.92 Å². The molecule has 2 saturated heterocycles. The molecule has 0 unspecified atom stereocenters. The third-order valence-corrected chi connectivity index (χ3v) is 4.51. The zero-order valence-electron chi connectivity index (χ0n) is 13.2. The first-order valence-corrected chi connectivity index (χ1v) is 8.04. The summed E-state index contributed by atoms with van der Waals surface area (Å²) in [5.41, 5.74) is 0. The van der Waals surface area contributed by atoms with E-state index >= 15 is 0 Å². The summed E-state index contributed by atoms with van der Waals surface area (Å²) in [6.07, 6.45) is 4.16. The Morgan fingerprint density at radius 2 is 1.63 bits per heavy atom. The van der Waals surface area contributed by atoms with Crippen LogP contribution in [0.2, 0.25) is 0 Å². The topological polar surface area (TPSA) is 6.48 Å². The van der Waals surface area contributed by atoms with Gasteiger partial charge in [0.25, 0.3) is 0 Å². The van der Waals surface area contributed by atoms with E-state index in [1.165, 1.54) is 45.4 Å². The second-order valence-electron chi connectivity index (χ2n) is 6.99. The minimum absolute atomic E-state index is 0.495. The van der Waals surface area contributed by atoms with E-state index in [9.17, 15) is 0 Å². The molecule has 2 nitrogen and oxygen atoms in total. The van der Waals surface area contributed by atoms with E-state index in [1.54, 1.807) is 0 Å². The molecule has 0 spiro atoms. The fourth-order valence-electron chi connectivity index (χ4n) is 3.15. The summed E-state index contributed by atoms with van der Waals surface area (Å²) >= 11 is 0. The molecule has 19 heavy (non-hydrogen) atoms. The Balaban J connectivity index is 1.64. The Hall–Kier alpha value is -0.680. The molecule has 0 radical (unpaired) electrons. The third kappa shape index (κ3) is 4.42. The molecule has 0 aromatic rings. The Morgan fingerprint density at radius 3 is 2.16 bits per heavy atom. The second kappa shape index (κ2) is 6.66. The highest BCUT2D eigenvalue weighted by molar-refractivity contribution is 5.02. The number of hydrogen-bond acceptors (Lipinski definition) is 2. The Kier molecular flexibility index (Phi) is 5.16. The van der Waals surface area contributed by atoms with E-state index in [-0.39, 0.29) is 0 Å². The van der Waals surface area contributed by atoms with Crippen LogP contribution < -0.4 is 0 Å². The van der Waals surface area contributed by atoms with Crippen molar-refractivity contribution in [2.75, 3.05) is 26.2 Å². The number of piperidine rings is 1. The quantitative estimate of drug-likeness (QED) is 0.721. The van der Waals surface area contributed by atoms with E-state index in [1.807, 2.05) is 0 Å². The van der Waals surface area contributed by atoms with E-state index in [0.717, 1.165) is 17.9 Å². The van der Waals surface area contributed by atoms with Gasteiger partial charge in [-0.1, -0.05) is 19.8 Å². The minimum atomic E-state index is 0.495. The summed E-state index contributed by atoms with van der Waals surface area (Å²) < 4.78 is 0. The van der Waals surface area contributed by atoms with Crippen LogP contribution in [0.3, 0.4) is 0 Å². The van der Waals surface area contributed by atoms with Gasteiger partial charge in [-0.2, -0.15) is 0 Å². The summed E-state index contributed by atoms with van der Waals surface area (Å²) in [6, 6.07) is 4.06. The molecule has 0 aromatic heterocycles. The monoisotopic (exact) mass is 262 g/mol. The Morgan fingerprint density at radius 1 is 1.00 bits per heavy atom. The van der Waals surface area contributed by atoms with Gasteiger partial charge in [0.2, 0.25) is 0 Å². The molecular weight excluding hydrogens is 232 g/mol.